The first-order valence-corrected chi connectivity index (χ1v) is 7.53. The van der Waals surface area contributed by atoms with Gasteiger partial charge in [-0.05, 0) is 23.9 Å². The van der Waals surface area contributed by atoms with Gasteiger partial charge in [-0.15, -0.1) is 0 Å². The molecule has 2 fully saturated rings. The molecule has 114 valence electrons. The van der Waals surface area contributed by atoms with Crippen LogP contribution in [0.25, 0.3) is 6.08 Å². The van der Waals surface area contributed by atoms with Gasteiger partial charge in [-0.25, -0.2) is 9.97 Å². The minimum absolute atomic E-state index is 0.0123. The molecule has 9 heteroatoms. The third-order valence-electron chi connectivity index (χ3n) is 3.18. The number of thioether (sulfide) groups is 1. The van der Waals surface area contributed by atoms with E-state index in [4.69, 9.17) is 0 Å². The van der Waals surface area contributed by atoms with E-state index in [2.05, 4.69) is 20.6 Å². The summed E-state index contributed by atoms with van der Waals surface area (Å²) in [4.78, 5) is 44.8. The lowest BCUT2D eigenvalue weighted by Crippen LogP contribution is -2.29. The smallest absolute Gasteiger partial charge is 0.290 e. The lowest BCUT2D eigenvalue weighted by atomic mass is 10.3. The molecule has 0 aromatic carbocycles. The molecule has 0 aliphatic carbocycles. The van der Waals surface area contributed by atoms with Gasteiger partial charge in [0, 0.05) is 32.3 Å². The summed E-state index contributed by atoms with van der Waals surface area (Å²) < 4.78 is 0. The van der Waals surface area contributed by atoms with Crippen LogP contribution < -0.4 is 15.5 Å². The van der Waals surface area contributed by atoms with Gasteiger partial charge >= 0.3 is 0 Å². The summed E-state index contributed by atoms with van der Waals surface area (Å²) in [6.45, 7) is 1.71. The molecule has 0 spiro atoms. The molecule has 8 nitrogen and oxygen atoms in total. The van der Waals surface area contributed by atoms with Crippen molar-refractivity contribution in [1.29, 1.82) is 0 Å². The molecule has 0 atom stereocenters. The minimum atomic E-state index is -0.417. The number of carbonyl (C=O) groups is 3. The molecule has 3 heterocycles. The van der Waals surface area contributed by atoms with Crippen LogP contribution in [0.15, 0.2) is 17.2 Å². The summed E-state index contributed by atoms with van der Waals surface area (Å²) >= 11 is 0.846. The zero-order valence-corrected chi connectivity index (χ0v) is 12.4. The Balaban J connectivity index is 1.80. The van der Waals surface area contributed by atoms with Crippen LogP contribution in [0, 0.1) is 0 Å². The second kappa shape index (κ2) is 6.14. The monoisotopic (exact) mass is 319 g/mol. The fourth-order valence-corrected chi connectivity index (χ4v) is 2.78. The first-order valence-electron chi connectivity index (χ1n) is 6.71. The van der Waals surface area contributed by atoms with Crippen molar-refractivity contribution in [2.45, 2.75) is 6.42 Å². The molecule has 1 aromatic rings. The average Bonchev–Trinajstić information content (AvgIpc) is 2.69. The van der Waals surface area contributed by atoms with E-state index in [0.717, 1.165) is 11.8 Å². The molecule has 0 unspecified atom stereocenters. The molecule has 3 amide bonds. The van der Waals surface area contributed by atoms with Crippen molar-refractivity contribution in [3.8, 4) is 0 Å². The van der Waals surface area contributed by atoms with Crippen LogP contribution >= 0.6 is 11.8 Å². The summed E-state index contributed by atoms with van der Waals surface area (Å²) in [5.74, 6) is 0.0959. The van der Waals surface area contributed by atoms with Gasteiger partial charge in [0.25, 0.3) is 11.1 Å². The molecular weight excluding hydrogens is 306 g/mol. The quantitative estimate of drug-likeness (QED) is 0.746. The van der Waals surface area contributed by atoms with Gasteiger partial charge in [0.2, 0.25) is 11.9 Å². The average molecular weight is 319 g/mol. The van der Waals surface area contributed by atoms with Crippen molar-refractivity contribution in [1.82, 2.24) is 20.6 Å². The van der Waals surface area contributed by atoms with Gasteiger partial charge in [0.05, 0.1) is 10.6 Å². The van der Waals surface area contributed by atoms with E-state index in [1.807, 2.05) is 4.90 Å². The van der Waals surface area contributed by atoms with Crippen molar-refractivity contribution < 1.29 is 14.4 Å². The normalized spacial score (nSPS) is 20.8. The third kappa shape index (κ3) is 3.25. The molecular formula is C13H13N5O3S. The highest BCUT2D eigenvalue weighted by Gasteiger charge is 2.25. The molecule has 2 aliphatic heterocycles. The van der Waals surface area contributed by atoms with Crippen molar-refractivity contribution >= 4 is 40.8 Å². The Morgan fingerprint density at radius 1 is 1.27 bits per heavy atom. The van der Waals surface area contributed by atoms with Crippen LogP contribution in [0.1, 0.15) is 12.1 Å². The molecule has 2 aliphatic rings. The van der Waals surface area contributed by atoms with E-state index in [1.54, 1.807) is 18.3 Å². The van der Waals surface area contributed by atoms with Gasteiger partial charge in [-0.2, -0.15) is 0 Å². The van der Waals surface area contributed by atoms with E-state index in [-0.39, 0.29) is 11.1 Å². The Kier molecular flexibility index (Phi) is 4.05. The summed E-state index contributed by atoms with van der Waals surface area (Å²) in [6.07, 6.45) is 3.53. The van der Waals surface area contributed by atoms with Crippen LogP contribution in [-0.4, -0.2) is 46.7 Å². The van der Waals surface area contributed by atoms with Crippen LogP contribution in [0.3, 0.4) is 0 Å². The number of rotatable bonds is 2. The van der Waals surface area contributed by atoms with Crippen molar-refractivity contribution in [2.24, 2.45) is 0 Å². The Morgan fingerprint density at radius 3 is 2.91 bits per heavy atom. The number of hydrogen-bond acceptors (Lipinski definition) is 7. The summed E-state index contributed by atoms with van der Waals surface area (Å²) in [7, 11) is 0. The molecule has 0 radical (unpaired) electrons. The number of aromatic nitrogens is 2. The molecule has 0 saturated carbocycles. The predicted octanol–water partition coefficient (Wildman–Crippen LogP) is 0.127. The Morgan fingerprint density at radius 2 is 2.14 bits per heavy atom. The van der Waals surface area contributed by atoms with Crippen molar-refractivity contribution in [3.05, 3.63) is 22.9 Å². The molecule has 0 bridgehead atoms. The third-order valence-corrected chi connectivity index (χ3v) is 3.99. The summed E-state index contributed by atoms with van der Waals surface area (Å²) in [6, 6.07) is 1.66. The minimum Gasteiger partial charge on any atom is -0.354 e. The van der Waals surface area contributed by atoms with Crippen molar-refractivity contribution in [3.63, 3.8) is 0 Å². The van der Waals surface area contributed by atoms with Crippen LogP contribution in [0.5, 0.6) is 0 Å². The zero-order valence-electron chi connectivity index (χ0n) is 11.5. The Bertz CT molecular complexity index is 675. The molecule has 22 heavy (non-hydrogen) atoms. The highest BCUT2D eigenvalue weighted by Crippen LogP contribution is 2.25. The lowest BCUT2D eigenvalue weighted by Gasteiger charge is -2.19. The highest BCUT2D eigenvalue weighted by molar-refractivity contribution is 8.18. The van der Waals surface area contributed by atoms with Gasteiger partial charge in [-0.1, -0.05) is 0 Å². The van der Waals surface area contributed by atoms with E-state index < -0.39 is 5.91 Å². The van der Waals surface area contributed by atoms with E-state index >= 15 is 0 Å². The van der Waals surface area contributed by atoms with Gasteiger partial charge in [0.1, 0.15) is 0 Å². The van der Waals surface area contributed by atoms with Crippen LogP contribution in [-0.2, 0) is 9.59 Å². The van der Waals surface area contributed by atoms with E-state index in [1.165, 1.54) is 0 Å². The summed E-state index contributed by atoms with van der Waals surface area (Å²) in [5, 5.41) is 4.60. The maximum Gasteiger partial charge on any atom is 0.290 e. The zero-order chi connectivity index (χ0) is 15.5. The fraction of sp³-hybridized carbons (Fsp3) is 0.308. The predicted molar refractivity (Wildman–Crippen MR) is 81.0 cm³/mol. The topological polar surface area (TPSA) is 104 Å². The highest BCUT2D eigenvalue weighted by atomic mass is 32.2. The number of carbonyl (C=O) groups excluding carboxylic acids is 3. The van der Waals surface area contributed by atoms with Crippen LogP contribution in [0.2, 0.25) is 0 Å². The maximum atomic E-state index is 11.5. The van der Waals surface area contributed by atoms with Gasteiger partial charge in [0.15, 0.2) is 0 Å². The van der Waals surface area contributed by atoms with Gasteiger partial charge in [-0.3, -0.25) is 19.7 Å². The SMILES string of the molecule is O=C1CCN(c2nccc(C=C3SC(=O)NC3=O)n2)CCN1. The van der Waals surface area contributed by atoms with Gasteiger partial charge < -0.3 is 10.2 Å². The number of hydrogen-bond donors (Lipinski definition) is 2. The number of imide groups is 1. The van der Waals surface area contributed by atoms with E-state index in [0.29, 0.717) is 42.6 Å². The van der Waals surface area contributed by atoms with E-state index in [9.17, 15) is 14.4 Å². The van der Waals surface area contributed by atoms with Crippen LogP contribution in [0.4, 0.5) is 10.7 Å². The first-order chi connectivity index (χ1) is 10.6. The number of nitrogens with one attached hydrogen (secondary N) is 2. The second-order valence-electron chi connectivity index (χ2n) is 4.72. The Hall–Kier alpha value is -2.42. The molecule has 1 aromatic heterocycles. The standard InChI is InChI=1S/C13H13N5O3S/c19-10-2-5-18(6-4-14-10)12-15-3-1-8(16-12)7-9-11(20)17-13(21)22-9/h1,3,7H,2,4-6H2,(H,14,19)(H,17,20,21). The van der Waals surface area contributed by atoms with Crippen molar-refractivity contribution in [2.75, 3.05) is 24.5 Å². The second-order valence-corrected chi connectivity index (χ2v) is 5.74. The fourth-order valence-electron chi connectivity index (χ4n) is 2.12. The summed E-state index contributed by atoms with van der Waals surface area (Å²) in [5.41, 5.74) is 0.542. The largest absolute Gasteiger partial charge is 0.354 e. The number of anilines is 1. The molecule has 2 N–H and O–H groups in total. The molecule has 3 rings (SSSR count). The Labute approximate surface area is 130 Å². The molecule has 2 saturated heterocycles. The maximum absolute atomic E-state index is 11.5. The number of amides is 3. The first kappa shape index (κ1) is 14.5. The lowest BCUT2D eigenvalue weighted by molar-refractivity contribution is -0.120. The number of nitrogens with zero attached hydrogens (tertiary/aromatic N) is 3.